The van der Waals surface area contributed by atoms with Gasteiger partial charge in [-0.05, 0) is 63.8 Å². The van der Waals surface area contributed by atoms with Gasteiger partial charge in [-0.15, -0.1) is 0 Å². The number of rotatable bonds is 17. The van der Waals surface area contributed by atoms with Crippen molar-refractivity contribution in [2.75, 3.05) is 19.6 Å². The maximum absolute atomic E-state index is 14.0. The molecule has 5 unspecified atom stereocenters. The van der Waals surface area contributed by atoms with Crippen LogP contribution in [0.5, 0.6) is 0 Å². The number of likely N-dealkylation sites (tertiary alicyclic amines) is 1. The zero-order chi connectivity index (χ0) is 31.1. The summed E-state index contributed by atoms with van der Waals surface area (Å²) in [5, 5.41) is 37.6. The van der Waals surface area contributed by atoms with Crippen molar-refractivity contribution in [2.24, 2.45) is 17.4 Å². The molecular formula is C25H48BFN8O6. The minimum absolute atomic E-state index is 0.0161. The average molecular weight is 587 g/mol. The molecule has 41 heavy (non-hydrogen) atoms. The van der Waals surface area contributed by atoms with Crippen LogP contribution in [0.15, 0.2) is 0 Å². The van der Waals surface area contributed by atoms with Crippen LogP contribution in [0.1, 0.15) is 72.1 Å². The van der Waals surface area contributed by atoms with Crippen molar-refractivity contribution in [1.29, 1.82) is 5.41 Å². The Morgan fingerprint density at radius 2 is 1.63 bits per heavy atom. The highest BCUT2D eigenvalue weighted by atomic mass is 19.1. The second-order valence-electron chi connectivity index (χ2n) is 10.9. The number of amides is 4. The molecule has 14 nitrogen and oxygen atoms in total. The monoisotopic (exact) mass is 586 g/mol. The number of nitrogens with two attached hydrogens (primary N) is 2. The predicted octanol–water partition coefficient (Wildman–Crippen LogP) is -1.76. The first-order valence-electron chi connectivity index (χ1n) is 14.2. The lowest BCUT2D eigenvalue weighted by Gasteiger charge is -2.39. The van der Waals surface area contributed by atoms with Crippen LogP contribution in [0, 0.1) is 11.3 Å². The van der Waals surface area contributed by atoms with Crippen molar-refractivity contribution >= 4 is 36.7 Å². The molecule has 1 saturated heterocycles. The highest BCUT2D eigenvalue weighted by molar-refractivity contribution is 6.43. The molecule has 4 amide bonds. The second-order valence-corrected chi connectivity index (χ2v) is 10.9. The fraction of sp³-hybridized carbons (Fsp3) is 0.800. The van der Waals surface area contributed by atoms with Gasteiger partial charge in [0.1, 0.15) is 24.3 Å². The third kappa shape index (κ3) is 13.5. The van der Waals surface area contributed by atoms with Gasteiger partial charge < -0.3 is 47.7 Å². The lowest BCUT2D eigenvalue weighted by atomic mass is 9.73. The Labute approximate surface area is 241 Å². The van der Waals surface area contributed by atoms with E-state index in [0.717, 1.165) is 0 Å². The van der Waals surface area contributed by atoms with E-state index in [4.69, 9.17) is 16.9 Å². The molecule has 0 spiro atoms. The molecule has 5 atom stereocenters. The molecule has 1 aliphatic heterocycles. The van der Waals surface area contributed by atoms with E-state index < -0.39 is 61.0 Å². The Bertz CT molecular complexity index is 883. The van der Waals surface area contributed by atoms with E-state index in [1.54, 1.807) is 0 Å². The molecule has 0 aromatic carbocycles. The van der Waals surface area contributed by atoms with Gasteiger partial charge in [0.2, 0.25) is 23.6 Å². The first-order valence-corrected chi connectivity index (χ1v) is 14.2. The van der Waals surface area contributed by atoms with Crippen LogP contribution in [0.2, 0.25) is 0 Å². The maximum Gasteiger partial charge on any atom is 0.475 e. The number of guanidine groups is 1. The van der Waals surface area contributed by atoms with Gasteiger partial charge >= 0.3 is 7.12 Å². The van der Waals surface area contributed by atoms with Gasteiger partial charge in [-0.3, -0.25) is 24.6 Å². The maximum atomic E-state index is 14.0. The number of halogens is 1. The first kappa shape index (κ1) is 36.1. The van der Waals surface area contributed by atoms with Crippen molar-refractivity contribution < 1.29 is 33.6 Å². The highest BCUT2D eigenvalue weighted by Gasteiger charge is 2.41. The first-order chi connectivity index (χ1) is 19.3. The molecule has 0 radical (unpaired) electrons. The third-order valence-electron chi connectivity index (χ3n) is 6.79. The summed E-state index contributed by atoms with van der Waals surface area (Å²) in [7, 11) is -1.97. The Morgan fingerprint density at radius 3 is 2.20 bits per heavy atom. The fourth-order valence-corrected chi connectivity index (χ4v) is 4.75. The van der Waals surface area contributed by atoms with Crippen molar-refractivity contribution in [3.8, 4) is 0 Å². The summed E-state index contributed by atoms with van der Waals surface area (Å²) in [5.41, 5.74) is 10.9. The van der Waals surface area contributed by atoms with Crippen molar-refractivity contribution in [2.45, 2.75) is 102 Å². The third-order valence-corrected chi connectivity index (χ3v) is 6.79. The van der Waals surface area contributed by atoms with E-state index in [1.807, 2.05) is 13.8 Å². The normalized spacial score (nSPS) is 19.1. The van der Waals surface area contributed by atoms with Gasteiger partial charge in [-0.25, -0.2) is 4.39 Å². The van der Waals surface area contributed by atoms with Crippen LogP contribution in [0.3, 0.4) is 0 Å². The minimum atomic E-state index is -1.97. The zero-order valence-electron chi connectivity index (χ0n) is 24.3. The average Bonchev–Trinajstić information content (AvgIpc) is 2.88. The molecule has 0 aromatic rings. The van der Waals surface area contributed by atoms with Crippen LogP contribution in [0.25, 0.3) is 0 Å². The van der Waals surface area contributed by atoms with E-state index in [-0.39, 0.29) is 50.7 Å². The van der Waals surface area contributed by atoms with E-state index in [1.165, 1.54) is 11.8 Å². The topological polar surface area (TPSA) is 236 Å². The van der Waals surface area contributed by atoms with Crippen LogP contribution < -0.4 is 32.7 Å². The molecule has 1 aliphatic rings. The number of nitrogens with zero attached hydrogens (tertiary/aromatic N) is 1. The molecule has 234 valence electrons. The van der Waals surface area contributed by atoms with E-state index in [0.29, 0.717) is 32.2 Å². The molecule has 1 heterocycles. The van der Waals surface area contributed by atoms with Gasteiger partial charge in [-0.1, -0.05) is 13.8 Å². The number of alkyl halides is 1. The van der Waals surface area contributed by atoms with Gasteiger partial charge in [0.15, 0.2) is 5.96 Å². The Morgan fingerprint density at radius 1 is 1.02 bits per heavy atom. The Hall–Kier alpha value is -2.98. The molecule has 0 aliphatic carbocycles. The van der Waals surface area contributed by atoms with Crippen LogP contribution in [0.4, 0.5) is 4.39 Å². The van der Waals surface area contributed by atoms with Crippen molar-refractivity contribution in [1.82, 2.24) is 26.2 Å². The van der Waals surface area contributed by atoms with Crippen molar-refractivity contribution in [3.63, 3.8) is 0 Å². The largest absolute Gasteiger partial charge is 0.475 e. The number of carbonyl (C=O) groups excluding carboxylic acids is 4. The molecule has 0 bridgehead atoms. The van der Waals surface area contributed by atoms with Gasteiger partial charge in [0, 0.05) is 20.0 Å². The van der Waals surface area contributed by atoms with Crippen LogP contribution >= 0.6 is 0 Å². The Balaban J connectivity index is 3.14. The fourth-order valence-electron chi connectivity index (χ4n) is 4.75. The second kappa shape index (κ2) is 18.5. The lowest BCUT2D eigenvalue weighted by molar-refractivity contribution is -0.140. The number of hydrogen-bond donors (Lipinski definition) is 9. The number of piperidine rings is 1. The van der Waals surface area contributed by atoms with Gasteiger partial charge in [0.05, 0.1) is 5.94 Å². The summed E-state index contributed by atoms with van der Waals surface area (Å²) in [6.45, 7) is 5.63. The summed E-state index contributed by atoms with van der Waals surface area (Å²) < 4.78 is 14.0. The van der Waals surface area contributed by atoms with Crippen molar-refractivity contribution in [3.05, 3.63) is 0 Å². The summed E-state index contributed by atoms with van der Waals surface area (Å²) in [6, 6.07) is -3.03. The van der Waals surface area contributed by atoms with E-state index >= 15 is 0 Å². The van der Waals surface area contributed by atoms with E-state index in [9.17, 15) is 33.6 Å². The molecule has 1 rings (SSSR count). The van der Waals surface area contributed by atoms with E-state index in [2.05, 4.69) is 21.3 Å². The summed E-state index contributed by atoms with van der Waals surface area (Å²) in [4.78, 5) is 53.0. The Kier molecular flexibility index (Phi) is 16.2. The zero-order valence-corrected chi connectivity index (χ0v) is 24.3. The standard InChI is InChI=1S/C25H48BFN8O6/c1-15(2)13-20(34-22(37)18(32-16(3)36)7-4-5-10-28)23(38)33-19(8-6-11-31-25(29)30)24(39)35-12-9-17(27)14-21(35)26(40)41/h15,17-21,40-41H,4-14,28H2,1-3H3,(H,32,36)(H,33,38)(H,34,37)(H4,29,30,31). The smallest absolute Gasteiger partial charge is 0.426 e. The number of unbranched alkanes of at least 4 members (excludes halogenated alkanes) is 1. The van der Waals surface area contributed by atoms with Gasteiger partial charge in [-0.2, -0.15) is 0 Å². The number of carbonyl (C=O) groups is 4. The molecule has 16 heteroatoms. The van der Waals surface area contributed by atoms with Gasteiger partial charge in [0.25, 0.3) is 0 Å². The van der Waals surface area contributed by atoms with Crippen LogP contribution in [-0.4, -0.2) is 102 Å². The summed E-state index contributed by atoms with van der Waals surface area (Å²) >= 11 is 0. The molecule has 11 N–H and O–H groups in total. The predicted molar refractivity (Wildman–Crippen MR) is 153 cm³/mol. The quantitative estimate of drug-likeness (QED) is 0.0406. The molecule has 0 saturated carbocycles. The molecule has 1 fully saturated rings. The summed E-state index contributed by atoms with van der Waals surface area (Å²) in [5.74, 6) is -3.64. The van der Waals surface area contributed by atoms with Crippen LogP contribution in [-0.2, 0) is 19.2 Å². The SMILES string of the molecule is CC(=O)NC(CCCCN)C(=O)NC(CC(C)C)C(=O)NC(CCCNC(=N)N)C(=O)N1CCC(F)CC1B(O)O. The highest BCUT2D eigenvalue weighted by Crippen LogP contribution is 2.22. The summed E-state index contributed by atoms with van der Waals surface area (Å²) in [6.07, 6.45) is 0.701. The number of hydrogen-bond acceptors (Lipinski definition) is 8. The molecular weight excluding hydrogens is 538 g/mol. The molecule has 0 aromatic heterocycles. The number of nitrogens with one attached hydrogen (secondary N) is 5. The lowest BCUT2D eigenvalue weighted by Crippen LogP contribution is -2.61. The minimum Gasteiger partial charge on any atom is -0.426 e.